The number of pyridine rings is 1. The minimum atomic E-state index is -0.221. The first-order valence-corrected chi connectivity index (χ1v) is 9.21. The number of benzene rings is 1. The molecule has 26 heavy (non-hydrogen) atoms. The van der Waals surface area contributed by atoms with Crippen molar-refractivity contribution in [3.8, 4) is 0 Å². The van der Waals surface area contributed by atoms with Crippen molar-refractivity contribution in [2.45, 2.75) is 32.9 Å². The van der Waals surface area contributed by atoms with Gasteiger partial charge in [0.1, 0.15) is 11.6 Å². The minimum absolute atomic E-state index is 0.221. The predicted octanol–water partition coefficient (Wildman–Crippen LogP) is 3.08. The van der Waals surface area contributed by atoms with Gasteiger partial charge in [0.25, 0.3) is 0 Å². The first-order valence-electron chi connectivity index (χ1n) is 9.21. The molecule has 1 aliphatic rings. The molecule has 0 aliphatic carbocycles. The molecule has 1 aromatic heterocycles. The normalized spacial score (nSPS) is 14.5. The van der Waals surface area contributed by atoms with Crippen molar-refractivity contribution in [3.05, 3.63) is 59.5 Å². The third-order valence-corrected chi connectivity index (χ3v) is 4.38. The molecule has 2 heterocycles. The summed E-state index contributed by atoms with van der Waals surface area (Å²) in [6.45, 7) is 6.17. The summed E-state index contributed by atoms with van der Waals surface area (Å²) in [7, 11) is 0. The largest absolute Gasteiger partial charge is 0.357 e. The van der Waals surface area contributed by atoms with Gasteiger partial charge in [0, 0.05) is 32.4 Å². The van der Waals surface area contributed by atoms with Crippen LogP contribution in [0.25, 0.3) is 0 Å². The average molecular weight is 355 g/mol. The fourth-order valence-electron chi connectivity index (χ4n) is 2.98. The first kappa shape index (κ1) is 18.2. The maximum absolute atomic E-state index is 13.0. The van der Waals surface area contributed by atoms with E-state index in [4.69, 9.17) is 0 Å². The lowest BCUT2D eigenvalue weighted by Crippen LogP contribution is -2.36. The van der Waals surface area contributed by atoms with Crippen LogP contribution < -0.4 is 15.5 Å². The summed E-state index contributed by atoms with van der Waals surface area (Å²) in [6, 6.07) is 10.6. The zero-order valence-corrected chi connectivity index (χ0v) is 15.2. The quantitative estimate of drug-likeness (QED) is 0.618. The predicted molar refractivity (Wildman–Crippen MR) is 104 cm³/mol. The average Bonchev–Trinajstić information content (AvgIpc) is 3.20. The van der Waals surface area contributed by atoms with Crippen molar-refractivity contribution in [3.63, 3.8) is 0 Å². The Morgan fingerprint density at radius 2 is 1.88 bits per heavy atom. The van der Waals surface area contributed by atoms with Gasteiger partial charge in [-0.3, -0.25) is 0 Å². The van der Waals surface area contributed by atoms with Crippen LogP contribution in [0.5, 0.6) is 0 Å². The minimum Gasteiger partial charge on any atom is -0.357 e. The molecule has 1 saturated heterocycles. The molecular weight excluding hydrogens is 329 g/mol. The summed E-state index contributed by atoms with van der Waals surface area (Å²) < 4.78 is 13.0. The van der Waals surface area contributed by atoms with E-state index < -0.39 is 0 Å². The maximum atomic E-state index is 13.0. The number of halogens is 1. The molecule has 2 N–H and O–H groups in total. The van der Waals surface area contributed by atoms with E-state index >= 15 is 0 Å². The Kier molecular flexibility index (Phi) is 6.41. The molecule has 1 fully saturated rings. The Hall–Kier alpha value is -2.63. The lowest BCUT2D eigenvalue weighted by molar-refractivity contribution is 0.626. The lowest BCUT2D eigenvalue weighted by atomic mass is 10.2. The molecule has 5 nitrogen and oxygen atoms in total. The monoisotopic (exact) mass is 355 g/mol. The summed E-state index contributed by atoms with van der Waals surface area (Å²) >= 11 is 0. The van der Waals surface area contributed by atoms with Gasteiger partial charge in [-0.2, -0.15) is 0 Å². The van der Waals surface area contributed by atoms with Crippen LogP contribution in [-0.2, 0) is 13.1 Å². The van der Waals surface area contributed by atoms with Crippen molar-refractivity contribution < 1.29 is 4.39 Å². The van der Waals surface area contributed by atoms with Gasteiger partial charge in [-0.15, -0.1) is 0 Å². The van der Waals surface area contributed by atoms with Gasteiger partial charge in [-0.1, -0.05) is 12.1 Å². The Bertz CT molecular complexity index is 723. The first-order chi connectivity index (χ1) is 12.7. The second-order valence-electron chi connectivity index (χ2n) is 6.39. The highest BCUT2D eigenvalue weighted by molar-refractivity contribution is 5.79. The Morgan fingerprint density at radius 1 is 1.12 bits per heavy atom. The maximum Gasteiger partial charge on any atom is 0.191 e. The number of rotatable bonds is 6. The number of hydrogen-bond acceptors (Lipinski definition) is 3. The number of aliphatic imine (C=N–C) groups is 1. The van der Waals surface area contributed by atoms with Crippen LogP contribution in [0.2, 0.25) is 0 Å². The van der Waals surface area contributed by atoms with Crippen LogP contribution in [0.1, 0.15) is 30.9 Å². The SMILES string of the molecule is CCNC(=NCc1ccnc(N2CCCC2)c1)NCc1ccc(F)cc1. The van der Waals surface area contributed by atoms with Gasteiger partial charge in [-0.05, 0) is 55.2 Å². The van der Waals surface area contributed by atoms with Crippen LogP contribution in [-0.4, -0.2) is 30.6 Å². The summed E-state index contributed by atoms with van der Waals surface area (Å²) in [5, 5.41) is 6.53. The van der Waals surface area contributed by atoms with Gasteiger partial charge in [0.05, 0.1) is 6.54 Å². The Balaban J connectivity index is 1.61. The summed E-state index contributed by atoms with van der Waals surface area (Å²) in [4.78, 5) is 11.5. The molecule has 3 rings (SSSR count). The van der Waals surface area contributed by atoms with E-state index in [1.165, 1.54) is 25.0 Å². The number of hydrogen-bond donors (Lipinski definition) is 2. The molecule has 1 aliphatic heterocycles. The molecule has 0 unspecified atom stereocenters. The molecule has 2 aromatic rings. The van der Waals surface area contributed by atoms with Crippen LogP contribution in [0.4, 0.5) is 10.2 Å². The zero-order valence-electron chi connectivity index (χ0n) is 15.2. The number of nitrogens with one attached hydrogen (secondary N) is 2. The Morgan fingerprint density at radius 3 is 2.62 bits per heavy atom. The molecule has 0 atom stereocenters. The van der Waals surface area contributed by atoms with Crippen molar-refractivity contribution in [2.24, 2.45) is 4.99 Å². The van der Waals surface area contributed by atoms with E-state index in [2.05, 4.69) is 31.6 Å². The highest BCUT2D eigenvalue weighted by Gasteiger charge is 2.13. The lowest BCUT2D eigenvalue weighted by Gasteiger charge is -2.16. The summed E-state index contributed by atoms with van der Waals surface area (Å²) in [5.74, 6) is 1.57. The summed E-state index contributed by atoms with van der Waals surface area (Å²) in [5.41, 5.74) is 2.15. The molecule has 0 bridgehead atoms. The number of aromatic nitrogens is 1. The van der Waals surface area contributed by atoms with Crippen molar-refractivity contribution in [2.75, 3.05) is 24.5 Å². The van der Waals surface area contributed by atoms with Gasteiger partial charge in [0.15, 0.2) is 5.96 Å². The third kappa shape index (κ3) is 5.18. The second-order valence-corrected chi connectivity index (χ2v) is 6.39. The van der Waals surface area contributed by atoms with Crippen LogP contribution in [0.15, 0.2) is 47.6 Å². The van der Waals surface area contributed by atoms with Crippen LogP contribution in [0.3, 0.4) is 0 Å². The molecule has 1 aromatic carbocycles. The molecule has 138 valence electrons. The van der Waals surface area contributed by atoms with Gasteiger partial charge in [0.2, 0.25) is 0 Å². The van der Waals surface area contributed by atoms with Gasteiger partial charge >= 0.3 is 0 Å². The molecular formula is C20H26FN5. The highest BCUT2D eigenvalue weighted by atomic mass is 19.1. The standard InChI is InChI=1S/C20H26FN5/c1-2-22-20(24-14-16-5-7-18(21)8-6-16)25-15-17-9-10-23-19(13-17)26-11-3-4-12-26/h5-10,13H,2-4,11-12,14-15H2,1H3,(H2,22,24,25). The fraction of sp³-hybridized carbons (Fsp3) is 0.400. The second kappa shape index (κ2) is 9.17. The van der Waals surface area contributed by atoms with E-state index in [0.29, 0.717) is 13.1 Å². The topological polar surface area (TPSA) is 52.6 Å². The molecule has 0 radical (unpaired) electrons. The fourth-order valence-corrected chi connectivity index (χ4v) is 2.98. The van der Waals surface area contributed by atoms with Gasteiger partial charge < -0.3 is 15.5 Å². The number of guanidine groups is 1. The van der Waals surface area contributed by atoms with Crippen LogP contribution in [0, 0.1) is 5.82 Å². The molecule has 0 spiro atoms. The number of nitrogens with zero attached hydrogens (tertiary/aromatic N) is 3. The molecule has 0 saturated carbocycles. The number of anilines is 1. The van der Waals surface area contributed by atoms with E-state index in [9.17, 15) is 4.39 Å². The van der Waals surface area contributed by atoms with Crippen molar-refractivity contribution in [1.82, 2.24) is 15.6 Å². The third-order valence-electron chi connectivity index (χ3n) is 4.38. The van der Waals surface area contributed by atoms with E-state index in [1.54, 1.807) is 12.1 Å². The van der Waals surface area contributed by atoms with E-state index in [1.807, 2.05) is 19.2 Å². The zero-order chi connectivity index (χ0) is 18.2. The Labute approximate surface area is 154 Å². The van der Waals surface area contributed by atoms with Crippen LogP contribution >= 0.6 is 0 Å². The van der Waals surface area contributed by atoms with Crippen molar-refractivity contribution >= 4 is 11.8 Å². The summed E-state index contributed by atoms with van der Waals surface area (Å²) in [6.07, 6.45) is 4.33. The molecule has 6 heteroatoms. The van der Waals surface area contributed by atoms with Gasteiger partial charge in [-0.25, -0.2) is 14.4 Å². The van der Waals surface area contributed by atoms with E-state index in [-0.39, 0.29) is 5.82 Å². The highest BCUT2D eigenvalue weighted by Crippen LogP contribution is 2.18. The smallest absolute Gasteiger partial charge is 0.191 e. The molecule has 0 amide bonds. The van der Waals surface area contributed by atoms with Crippen molar-refractivity contribution in [1.29, 1.82) is 0 Å². The van der Waals surface area contributed by atoms with E-state index in [0.717, 1.165) is 42.5 Å².